The number of carbonyl (C=O) groups excluding carboxylic acids is 1. The number of esters is 1. The number of hydrogen-bond acceptors (Lipinski definition) is 6. The van der Waals surface area contributed by atoms with Crippen LogP contribution in [0.2, 0.25) is 0 Å². The summed E-state index contributed by atoms with van der Waals surface area (Å²) in [6, 6.07) is 1.78. The molecule has 0 spiro atoms. The Morgan fingerprint density at radius 3 is 3.00 bits per heavy atom. The van der Waals surface area contributed by atoms with Gasteiger partial charge in [0.1, 0.15) is 5.92 Å². The fourth-order valence-electron chi connectivity index (χ4n) is 2.40. The van der Waals surface area contributed by atoms with Crippen LogP contribution in [0.5, 0.6) is 0 Å². The molecule has 2 aromatic heterocycles. The monoisotopic (exact) mass is 289 g/mol. The molecule has 104 valence electrons. The normalized spacial score (nSPS) is 17.6. The van der Waals surface area contributed by atoms with E-state index in [1.165, 1.54) is 0 Å². The lowest BCUT2D eigenvalue weighted by Crippen LogP contribution is -2.20. The van der Waals surface area contributed by atoms with E-state index in [1.807, 2.05) is 6.92 Å². The number of rotatable bonds is 3. The average Bonchev–Trinajstić information content (AvgIpc) is 2.92. The number of nitrogens with zero attached hydrogens (tertiary/aromatic N) is 3. The number of hydrogen-bond donors (Lipinski definition) is 0. The van der Waals surface area contributed by atoms with Gasteiger partial charge in [0.2, 0.25) is 0 Å². The van der Waals surface area contributed by atoms with Crippen LogP contribution in [0, 0.1) is 0 Å². The first-order chi connectivity index (χ1) is 9.79. The topological polar surface area (TPSA) is 65.0 Å². The van der Waals surface area contributed by atoms with E-state index in [-0.39, 0.29) is 11.9 Å². The van der Waals surface area contributed by atoms with Crippen molar-refractivity contribution in [3.05, 3.63) is 29.0 Å². The van der Waals surface area contributed by atoms with Crippen molar-refractivity contribution in [1.29, 1.82) is 0 Å². The molecule has 0 bridgehead atoms. The van der Waals surface area contributed by atoms with Gasteiger partial charge in [0.05, 0.1) is 12.3 Å². The molecule has 5 nitrogen and oxygen atoms in total. The number of aromatic nitrogens is 3. The van der Waals surface area contributed by atoms with Crippen LogP contribution in [0.4, 0.5) is 0 Å². The standard InChI is InChI=1S/C14H15N3O2S/c1-2-19-14(18)9-5-3-6-10-11(9)17-13(20-10)12-15-7-4-8-16-12/h4,7-9H,2-3,5-6H2,1H3. The maximum absolute atomic E-state index is 12.0. The van der Waals surface area contributed by atoms with E-state index < -0.39 is 0 Å². The van der Waals surface area contributed by atoms with Crippen LogP contribution in [-0.4, -0.2) is 27.5 Å². The number of carbonyl (C=O) groups is 1. The largest absolute Gasteiger partial charge is 0.465 e. The van der Waals surface area contributed by atoms with Gasteiger partial charge in [-0.1, -0.05) is 0 Å². The van der Waals surface area contributed by atoms with E-state index in [4.69, 9.17) is 4.74 Å². The van der Waals surface area contributed by atoms with E-state index in [9.17, 15) is 4.79 Å². The van der Waals surface area contributed by atoms with Crippen molar-refractivity contribution in [3.8, 4) is 10.8 Å². The highest BCUT2D eigenvalue weighted by Gasteiger charge is 2.31. The Kier molecular flexibility index (Phi) is 3.73. The smallest absolute Gasteiger partial charge is 0.315 e. The Morgan fingerprint density at radius 1 is 1.45 bits per heavy atom. The Bertz CT molecular complexity index is 612. The van der Waals surface area contributed by atoms with Gasteiger partial charge in [-0.25, -0.2) is 15.0 Å². The van der Waals surface area contributed by atoms with Crippen molar-refractivity contribution in [1.82, 2.24) is 15.0 Å². The van der Waals surface area contributed by atoms with Crippen LogP contribution in [-0.2, 0) is 16.0 Å². The number of fused-ring (bicyclic) bond motifs is 1. The van der Waals surface area contributed by atoms with E-state index in [0.29, 0.717) is 12.4 Å². The molecule has 1 unspecified atom stereocenters. The third-order valence-electron chi connectivity index (χ3n) is 3.28. The lowest BCUT2D eigenvalue weighted by Gasteiger charge is -2.19. The summed E-state index contributed by atoms with van der Waals surface area (Å²) in [4.78, 5) is 26.2. The Labute approximate surface area is 121 Å². The van der Waals surface area contributed by atoms with Crippen LogP contribution >= 0.6 is 11.3 Å². The lowest BCUT2D eigenvalue weighted by atomic mass is 9.91. The number of aryl methyl sites for hydroxylation is 1. The third kappa shape index (κ3) is 2.43. The van der Waals surface area contributed by atoms with Gasteiger partial charge in [-0.05, 0) is 32.3 Å². The summed E-state index contributed by atoms with van der Waals surface area (Å²) in [6.07, 6.45) is 6.17. The highest BCUT2D eigenvalue weighted by Crippen LogP contribution is 2.37. The Hall–Kier alpha value is -1.82. The van der Waals surface area contributed by atoms with E-state index in [1.54, 1.807) is 29.8 Å². The van der Waals surface area contributed by atoms with E-state index in [2.05, 4.69) is 15.0 Å². The average molecular weight is 289 g/mol. The first kappa shape index (κ1) is 13.2. The summed E-state index contributed by atoms with van der Waals surface area (Å²) < 4.78 is 5.15. The van der Waals surface area contributed by atoms with Crippen molar-refractivity contribution in [2.45, 2.75) is 32.1 Å². The maximum Gasteiger partial charge on any atom is 0.315 e. The molecule has 0 N–H and O–H groups in total. The molecule has 0 fully saturated rings. The number of thiazole rings is 1. The van der Waals surface area contributed by atoms with Gasteiger partial charge in [-0.2, -0.15) is 0 Å². The van der Waals surface area contributed by atoms with Crippen LogP contribution in [0.1, 0.15) is 36.3 Å². The van der Waals surface area contributed by atoms with Crippen molar-refractivity contribution in [2.75, 3.05) is 6.61 Å². The van der Waals surface area contributed by atoms with Gasteiger partial charge in [0.15, 0.2) is 10.8 Å². The highest BCUT2D eigenvalue weighted by atomic mass is 32.1. The van der Waals surface area contributed by atoms with Crippen molar-refractivity contribution in [2.24, 2.45) is 0 Å². The summed E-state index contributed by atoms with van der Waals surface area (Å²) in [5, 5.41) is 0.784. The molecule has 0 aliphatic heterocycles. The molecule has 1 aliphatic rings. The van der Waals surface area contributed by atoms with Gasteiger partial charge in [0, 0.05) is 17.3 Å². The van der Waals surface area contributed by atoms with Gasteiger partial charge < -0.3 is 4.74 Å². The molecule has 0 saturated heterocycles. The van der Waals surface area contributed by atoms with Crippen molar-refractivity contribution in [3.63, 3.8) is 0 Å². The first-order valence-corrected chi connectivity index (χ1v) is 7.55. The minimum Gasteiger partial charge on any atom is -0.465 e. The quantitative estimate of drug-likeness (QED) is 0.813. The molecule has 1 atom stereocenters. The van der Waals surface area contributed by atoms with Gasteiger partial charge in [0.25, 0.3) is 0 Å². The molecule has 0 amide bonds. The third-order valence-corrected chi connectivity index (χ3v) is 4.41. The van der Waals surface area contributed by atoms with E-state index in [0.717, 1.165) is 34.8 Å². The second-order valence-electron chi connectivity index (χ2n) is 4.60. The summed E-state index contributed by atoms with van der Waals surface area (Å²) >= 11 is 1.58. The molecule has 20 heavy (non-hydrogen) atoms. The molecule has 1 aliphatic carbocycles. The second kappa shape index (κ2) is 5.66. The van der Waals surface area contributed by atoms with E-state index >= 15 is 0 Å². The first-order valence-electron chi connectivity index (χ1n) is 6.73. The Balaban J connectivity index is 1.95. The van der Waals surface area contributed by atoms with Crippen molar-refractivity contribution >= 4 is 17.3 Å². The molecule has 2 heterocycles. The minimum atomic E-state index is -0.229. The maximum atomic E-state index is 12.0. The lowest BCUT2D eigenvalue weighted by molar-refractivity contribution is -0.145. The predicted molar refractivity (Wildman–Crippen MR) is 75.5 cm³/mol. The van der Waals surface area contributed by atoms with Crippen molar-refractivity contribution < 1.29 is 9.53 Å². The number of ether oxygens (including phenoxy) is 1. The highest BCUT2D eigenvalue weighted by molar-refractivity contribution is 7.15. The molecule has 3 rings (SSSR count). The Morgan fingerprint density at radius 2 is 2.25 bits per heavy atom. The second-order valence-corrected chi connectivity index (χ2v) is 5.68. The zero-order valence-electron chi connectivity index (χ0n) is 11.2. The summed E-state index contributed by atoms with van der Waals surface area (Å²) in [6.45, 7) is 2.23. The summed E-state index contributed by atoms with van der Waals surface area (Å²) in [5.41, 5.74) is 0.863. The SMILES string of the molecule is CCOC(=O)C1CCCc2sc(-c3ncccn3)nc21. The zero-order chi connectivity index (χ0) is 13.9. The van der Waals surface area contributed by atoms with Crippen LogP contribution in [0.3, 0.4) is 0 Å². The summed E-state index contributed by atoms with van der Waals surface area (Å²) in [5.74, 6) is 0.223. The molecule has 2 aromatic rings. The molecule has 0 saturated carbocycles. The fraction of sp³-hybridized carbons (Fsp3) is 0.429. The van der Waals surface area contributed by atoms with Crippen LogP contribution in [0.15, 0.2) is 18.5 Å². The van der Waals surface area contributed by atoms with Crippen LogP contribution < -0.4 is 0 Å². The molecular weight excluding hydrogens is 274 g/mol. The molecule has 0 aromatic carbocycles. The molecule has 0 radical (unpaired) electrons. The minimum absolute atomic E-state index is 0.167. The van der Waals surface area contributed by atoms with Gasteiger partial charge in [-0.15, -0.1) is 11.3 Å². The predicted octanol–water partition coefficient (Wildman–Crippen LogP) is 2.58. The zero-order valence-corrected chi connectivity index (χ0v) is 12.0. The fourth-order valence-corrected chi connectivity index (χ4v) is 3.51. The van der Waals surface area contributed by atoms with Gasteiger partial charge >= 0.3 is 5.97 Å². The van der Waals surface area contributed by atoms with Crippen LogP contribution in [0.25, 0.3) is 10.8 Å². The summed E-state index contributed by atoms with van der Waals surface area (Å²) in [7, 11) is 0. The van der Waals surface area contributed by atoms with Gasteiger partial charge in [-0.3, -0.25) is 4.79 Å². The molecule has 6 heteroatoms. The molecular formula is C14H15N3O2S.